The van der Waals surface area contributed by atoms with Crippen molar-refractivity contribution in [1.82, 2.24) is 19.9 Å². The fourth-order valence-electron chi connectivity index (χ4n) is 2.60. The van der Waals surface area contributed by atoms with Gasteiger partial charge in [0.25, 0.3) is 0 Å². The molecule has 0 radical (unpaired) electrons. The van der Waals surface area contributed by atoms with E-state index in [2.05, 4.69) is 10.3 Å². The second-order valence-corrected chi connectivity index (χ2v) is 5.24. The fraction of sp³-hybridized carbons (Fsp3) is 0.769. The topological polar surface area (TPSA) is 77.0 Å². The zero-order valence-electron chi connectivity index (χ0n) is 11.6. The summed E-state index contributed by atoms with van der Waals surface area (Å²) in [4.78, 5) is 14.1. The van der Waals surface area contributed by atoms with Crippen LogP contribution in [0.2, 0.25) is 0 Å². The van der Waals surface area contributed by atoms with E-state index in [1.807, 2.05) is 11.9 Å². The molecule has 1 heterocycles. The SMILES string of the molecule is CN(C(=O)Cn1cc(CCN)nn1)C1CCCCC1. The van der Waals surface area contributed by atoms with Gasteiger partial charge in [-0.25, -0.2) is 4.68 Å². The molecule has 1 amide bonds. The average Bonchev–Trinajstić information content (AvgIpc) is 2.86. The molecular formula is C13H23N5O. The lowest BCUT2D eigenvalue weighted by atomic mass is 9.94. The van der Waals surface area contributed by atoms with E-state index >= 15 is 0 Å². The van der Waals surface area contributed by atoms with Crippen LogP contribution in [0.25, 0.3) is 0 Å². The molecule has 1 aromatic heterocycles. The van der Waals surface area contributed by atoms with E-state index in [1.54, 1.807) is 10.9 Å². The largest absolute Gasteiger partial charge is 0.341 e. The molecule has 1 aliphatic rings. The molecule has 0 saturated heterocycles. The van der Waals surface area contributed by atoms with E-state index in [9.17, 15) is 4.79 Å². The van der Waals surface area contributed by atoms with Gasteiger partial charge in [-0.2, -0.15) is 0 Å². The molecule has 2 rings (SSSR count). The maximum absolute atomic E-state index is 12.2. The summed E-state index contributed by atoms with van der Waals surface area (Å²) in [7, 11) is 1.90. The molecule has 1 fully saturated rings. The zero-order chi connectivity index (χ0) is 13.7. The van der Waals surface area contributed by atoms with Gasteiger partial charge in [-0.15, -0.1) is 5.10 Å². The van der Waals surface area contributed by atoms with Crippen LogP contribution < -0.4 is 5.73 Å². The normalized spacial score (nSPS) is 16.5. The summed E-state index contributed by atoms with van der Waals surface area (Å²) < 4.78 is 1.60. The quantitative estimate of drug-likeness (QED) is 0.844. The molecule has 1 aliphatic carbocycles. The molecule has 1 saturated carbocycles. The van der Waals surface area contributed by atoms with E-state index in [4.69, 9.17) is 5.73 Å². The Kier molecular flexibility index (Phi) is 4.90. The summed E-state index contributed by atoms with van der Waals surface area (Å²) in [6.45, 7) is 0.819. The van der Waals surface area contributed by atoms with Crippen molar-refractivity contribution in [2.24, 2.45) is 5.73 Å². The van der Waals surface area contributed by atoms with E-state index in [-0.39, 0.29) is 12.5 Å². The van der Waals surface area contributed by atoms with Crippen LogP contribution in [0.15, 0.2) is 6.20 Å². The number of aromatic nitrogens is 3. The van der Waals surface area contributed by atoms with Gasteiger partial charge < -0.3 is 10.6 Å². The van der Waals surface area contributed by atoms with E-state index in [0.29, 0.717) is 19.0 Å². The number of rotatable bonds is 5. The number of carbonyl (C=O) groups is 1. The summed E-state index contributed by atoms with van der Waals surface area (Å²) in [5.41, 5.74) is 6.31. The van der Waals surface area contributed by atoms with E-state index in [0.717, 1.165) is 18.5 Å². The maximum atomic E-state index is 12.2. The Hall–Kier alpha value is -1.43. The number of amides is 1. The number of likely N-dealkylation sites (N-methyl/N-ethyl adjacent to an activating group) is 1. The van der Waals surface area contributed by atoms with Crippen LogP contribution in [-0.2, 0) is 17.8 Å². The van der Waals surface area contributed by atoms with Crippen molar-refractivity contribution < 1.29 is 4.79 Å². The summed E-state index contributed by atoms with van der Waals surface area (Å²) in [6.07, 6.45) is 8.50. The first kappa shape index (κ1) is 14.0. The van der Waals surface area contributed by atoms with Gasteiger partial charge >= 0.3 is 0 Å². The minimum absolute atomic E-state index is 0.107. The molecule has 6 heteroatoms. The van der Waals surface area contributed by atoms with Crippen LogP contribution in [0.3, 0.4) is 0 Å². The Bertz CT molecular complexity index is 411. The molecule has 0 unspecified atom stereocenters. The summed E-state index contributed by atoms with van der Waals surface area (Å²) >= 11 is 0. The fourth-order valence-corrected chi connectivity index (χ4v) is 2.60. The van der Waals surface area contributed by atoms with Crippen molar-refractivity contribution in [3.63, 3.8) is 0 Å². The molecule has 2 N–H and O–H groups in total. The van der Waals surface area contributed by atoms with Crippen LogP contribution in [0.4, 0.5) is 0 Å². The zero-order valence-corrected chi connectivity index (χ0v) is 11.6. The molecule has 0 bridgehead atoms. The Morgan fingerprint density at radius 1 is 1.47 bits per heavy atom. The molecule has 19 heavy (non-hydrogen) atoms. The number of nitrogens with zero attached hydrogens (tertiary/aromatic N) is 4. The average molecular weight is 265 g/mol. The van der Waals surface area contributed by atoms with Crippen molar-refractivity contribution in [1.29, 1.82) is 0 Å². The van der Waals surface area contributed by atoms with E-state index in [1.165, 1.54) is 19.3 Å². The predicted octanol–water partition coefficient (Wildman–Crippen LogP) is 0.570. The first-order valence-electron chi connectivity index (χ1n) is 7.05. The van der Waals surface area contributed by atoms with Gasteiger partial charge in [-0.3, -0.25) is 4.79 Å². The van der Waals surface area contributed by atoms with Crippen LogP contribution in [0.1, 0.15) is 37.8 Å². The highest BCUT2D eigenvalue weighted by molar-refractivity contribution is 5.75. The van der Waals surface area contributed by atoms with Crippen molar-refractivity contribution >= 4 is 5.91 Å². The number of hydrogen-bond donors (Lipinski definition) is 1. The molecule has 1 aromatic rings. The van der Waals surface area contributed by atoms with Gasteiger partial charge in [0.1, 0.15) is 6.54 Å². The van der Waals surface area contributed by atoms with Gasteiger partial charge in [0, 0.05) is 25.7 Å². The minimum atomic E-state index is 0.107. The van der Waals surface area contributed by atoms with Crippen LogP contribution in [0, 0.1) is 0 Å². The molecule has 6 nitrogen and oxygen atoms in total. The number of carbonyl (C=O) groups excluding carboxylic acids is 1. The van der Waals surface area contributed by atoms with Gasteiger partial charge in [0.2, 0.25) is 5.91 Å². The second kappa shape index (κ2) is 6.65. The third-order valence-electron chi connectivity index (χ3n) is 3.80. The monoisotopic (exact) mass is 265 g/mol. The summed E-state index contributed by atoms with van der Waals surface area (Å²) in [5.74, 6) is 0.107. The van der Waals surface area contributed by atoms with Crippen LogP contribution in [0.5, 0.6) is 0 Å². The van der Waals surface area contributed by atoms with Crippen LogP contribution in [-0.4, -0.2) is 45.4 Å². The summed E-state index contributed by atoms with van der Waals surface area (Å²) in [6, 6.07) is 0.397. The lowest BCUT2D eigenvalue weighted by molar-refractivity contribution is -0.133. The van der Waals surface area contributed by atoms with Gasteiger partial charge in [0.15, 0.2) is 0 Å². The predicted molar refractivity (Wildman–Crippen MR) is 72.4 cm³/mol. The lowest BCUT2D eigenvalue weighted by Crippen LogP contribution is -2.40. The third-order valence-corrected chi connectivity index (χ3v) is 3.80. The van der Waals surface area contributed by atoms with Crippen molar-refractivity contribution in [2.75, 3.05) is 13.6 Å². The number of nitrogens with two attached hydrogens (primary N) is 1. The Balaban J connectivity index is 1.88. The minimum Gasteiger partial charge on any atom is -0.341 e. The number of hydrogen-bond acceptors (Lipinski definition) is 4. The standard InChI is InChI=1S/C13H23N5O/c1-17(12-5-3-2-4-6-12)13(19)10-18-9-11(7-8-14)15-16-18/h9,12H,2-8,10,14H2,1H3. The highest BCUT2D eigenvalue weighted by Gasteiger charge is 2.22. The second-order valence-electron chi connectivity index (χ2n) is 5.24. The summed E-state index contributed by atoms with van der Waals surface area (Å²) in [5, 5.41) is 7.96. The van der Waals surface area contributed by atoms with Crippen LogP contribution >= 0.6 is 0 Å². The van der Waals surface area contributed by atoms with Gasteiger partial charge in [0.05, 0.1) is 5.69 Å². The molecule has 0 atom stereocenters. The first-order valence-corrected chi connectivity index (χ1v) is 7.05. The molecule has 0 aliphatic heterocycles. The highest BCUT2D eigenvalue weighted by Crippen LogP contribution is 2.21. The smallest absolute Gasteiger partial charge is 0.244 e. The Labute approximate surface area is 113 Å². The Morgan fingerprint density at radius 2 is 2.21 bits per heavy atom. The molecular weight excluding hydrogens is 242 g/mol. The molecule has 0 spiro atoms. The van der Waals surface area contributed by atoms with Gasteiger partial charge in [-0.05, 0) is 19.4 Å². The highest BCUT2D eigenvalue weighted by atomic mass is 16.2. The molecule has 106 valence electrons. The van der Waals surface area contributed by atoms with Crippen molar-refractivity contribution in [2.45, 2.75) is 51.1 Å². The van der Waals surface area contributed by atoms with E-state index < -0.39 is 0 Å². The first-order chi connectivity index (χ1) is 9.20. The maximum Gasteiger partial charge on any atom is 0.244 e. The Morgan fingerprint density at radius 3 is 2.89 bits per heavy atom. The van der Waals surface area contributed by atoms with Crippen molar-refractivity contribution in [3.8, 4) is 0 Å². The van der Waals surface area contributed by atoms with Gasteiger partial charge in [-0.1, -0.05) is 24.5 Å². The molecule has 0 aromatic carbocycles. The van der Waals surface area contributed by atoms with Crippen molar-refractivity contribution in [3.05, 3.63) is 11.9 Å². The lowest BCUT2D eigenvalue weighted by Gasteiger charge is -2.31. The third kappa shape index (κ3) is 3.76.